The van der Waals surface area contributed by atoms with Gasteiger partial charge in [-0.2, -0.15) is 0 Å². The zero-order valence-electron chi connectivity index (χ0n) is 10.2. The van der Waals surface area contributed by atoms with Crippen molar-refractivity contribution >= 4 is 34.6 Å². The quantitative estimate of drug-likeness (QED) is 0.631. The fraction of sp³-hybridized carbons (Fsp3) is 0. The average molecular weight is 384 g/mol. The molecule has 0 spiro atoms. The van der Waals surface area contributed by atoms with E-state index in [1.807, 2.05) is 18.2 Å². The summed E-state index contributed by atoms with van der Waals surface area (Å²) < 4.78 is 20.0. The number of rotatable bonds is 4. The third kappa shape index (κ3) is 4.34. The molecule has 2 aromatic carbocycles. The van der Waals surface area contributed by atoms with Crippen molar-refractivity contribution in [3.8, 4) is 11.5 Å². The van der Waals surface area contributed by atoms with Gasteiger partial charge in [-0.15, -0.1) is 0 Å². The molecule has 2 rings (SSSR count). The van der Waals surface area contributed by atoms with Gasteiger partial charge < -0.3 is 9.84 Å². The summed E-state index contributed by atoms with van der Waals surface area (Å²) in [7, 11) is 0. The number of ether oxygens (including phenoxy) is 1. The molecule has 0 aliphatic carbocycles. The van der Waals surface area contributed by atoms with Crippen LogP contribution in [0.5, 0.6) is 11.5 Å². The van der Waals surface area contributed by atoms with Gasteiger partial charge in [-0.05, 0) is 64.6 Å². The van der Waals surface area contributed by atoms with E-state index in [1.165, 1.54) is 18.2 Å². The van der Waals surface area contributed by atoms with Gasteiger partial charge >= 0.3 is 5.97 Å². The van der Waals surface area contributed by atoms with E-state index in [-0.39, 0.29) is 0 Å². The van der Waals surface area contributed by atoms with Gasteiger partial charge in [0.15, 0.2) is 0 Å². The highest BCUT2D eigenvalue weighted by molar-refractivity contribution is 14.1. The van der Waals surface area contributed by atoms with Crippen LogP contribution < -0.4 is 4.74 Å². The van der Waals surface area contributed by atoms with Crippen LogP contribution in [0, 0.1) is 9.39 Å². The Balaban J connectivity index is 2.26. The van der Waals surface area contributed by atoms with Gasteiger partial charge in [-0.25, -0.2) is 9.18 Å². The Morgan fingerprint density at radius 3 is 2.70 bits per heavy atom. The molecule has 102 valence electrons. The summed E-state index contributed by atoms with van der Waals surface area (Å²) in [5.41, 5.74) is 0.424. The Bertz CT molecular complexity index is 668. The molecule has 0 radical (unpaired) electrons. The Labute approximate surface area is 128 Å². The molecule has 3 nitrogen and oxygen atoms in total. The predicted octanol–water partition coefficient (Wildman–Crippen LogP) is 4.32. The van der Waals surface area contributed by atoms with Crippen molar-refractivity contribution in [1.82, 2.24) is 0 Å². The second kappa shape index (κ2) is 6.51. The largest absolute Gasteiger partial charge is 0.478 e. The molecular formula is C15H10FIO3. The number of halogens is 2. The molecule has 20 heavy (non-hydrogen) atoms. The van der Waals surface area contributed by atoms with Gasteiger partial charge in [0, 0.05) is 15.7 Å². The maximum atomic E-state index is 13.5. The molecule has 1 N–H and O–H groups in total. The van der Waals surface area contributed by atoms with E-state index < -0.39 is 11.8 Å². The zero-order chi connectivity index (χ0) is 14.5. The van der Waals surface area contributed by atoms with Gasteiger partial charge in [-0.1, -0.05) is 6.07 Å². The van der Waals surface area contributed by atoms with Crippen molar-refractivity contribution in [3.63, 3.8) is 0 Å². The molecular weight excluding hydrogens is 374 g/mol. The molecule has 0 aliphatic rings. The maximum Gasteiger partial charge on any atom is 0.328 e. The van der Waals surface area contributed by atoms with Gasteiger partial charge in [0.05, 0.1) is 0 Å². The van der Waals surface area contributed by atoms with Crippen LogP contribution in [-0.4, -0.2) is 11.1 Å². The summed E-state index contributed by atoms with van der Waals surface area (Å²) in [6.45, 7) is 0. The Hall–Kier alpha value is -1.89. The number of aliphatic carboxylic acids is 1. The first-order valence-corrected chi connectivity index (χ1v) is 6.76. The van der Waals surface area contributed by atoms with E-state index in [1.54, 1.807) is 12.1 Å². The first-order chi connectivity index (χ1) is 9.52. The molecule has 5 heteroatoms. The van der Waals surface area contributed by atoms with E-state index in [0.717, 1.165) is 9.65 Å². The number of carboxylic acids is 1. The lowest BCUT2D eigenvalue weighted by Crippen LogP contribution is -1.89. The lowest BCUT2D eigenvalue weighted by molar-refractivity contribution is -0.131. The van der Waals surface area contributed by atoms with E-state index in [9.17, 15) is 9.18 Å². The molecule has 0 fully saturated rings. The van der Waals surface area contributed by atoms with E-state index in [4.69, 9.17) is 9.84 Å². The van der Waals surface area contributed by atoms with Crippen LogP contribution in [0.4, 0.5) is 4.39 Å². The van der Waals surface area contributed by atoms with Crippen LogP contribution in [0.3, 0.4) is 0 Å². The van der Waals surface area contributed by atoms with E-state index >= 15 is 0 Å². The summed E-state index contributed by atoms with van der Waals surface area (Å²) in [5, 5.41) is 8.57. The molecule has 0 unspecified atom stereocenters. The number of benzene rings is 2. The van der Waals surface area contributed by atoms with Crippen LogP contribution in [0.15, 0.2) is 48.5 Å². The summed E-state index contributed by atoms with van der Waals surface area (Å²) >= 11 is 2.15. The zero-order valence-corrected chi connectivity index (χ0v) is 12.4. The van der Waals surface area contributed by atoms with Crippen molar-refractivity contribution < 1.29 is 19.0 Å². The van der Waals surface area contributed by atoms with Gasteiger partial charge in [0.25, 0.3) is 0 Å². The minimum Gasteiger partial charge on any atom is -0.478 e. The Kier molecular flexibility index (Phi) is 4.73. The van der Waals surface area contributed by atoms with Gasteiger partial charge in [0.1, 0.15) is 17.3 Å². The van der Waals surface area contributed by atoms with E-state index in [0.29, 0.717) is 17.1 Å². The smallest absolute Gasteiger partial charge is 0.328 e. The Morgan fingerprint density at radius 2 is 2.00 bits per heavy atom. The van der Waals surface area contributed by atoms with Crippen LogP contribution in [0.2, 0.25) is 0 Å². The number of carboxylic acid groups (broad SMARTS) is 1. The number of carbonyl (C=O) groups is 1. The molecule has 0 heterocycles. The van der Waals surface area contributed by atoms with E-state index in [2.05, 4.69) is 22.6 Å². The summed E-state index contributed by atoms with van der Waals surface area (Å²) in [4.78, 5) is 10.5. The normalized spacial score (nSPS) is 10.7. The minimum atomic E-state index is -1.09. The summed E-state index contributed by atoms with van der Waals surface area (Å²) in [6.07, 6.45) is 2.26. The molecule has 0 amide bonds. The van der Waals surface area contributed by atoms with Crippen LogP contribution in [0.25, 0.3) is 6.08 Å². The number of hydrogen-bond acceptors (Lipinski definition) is 2. The number of hydrogen-bond donors (Lipinski definition) is 1. The topological polar surface area (TPSA) is 46.5 Å². The van der Waals surface area contributed by atoms with Crippen molar-refractivity contribution in [3.05, 3.63) is 63.5 Å². The second-order valence-electron chi connectivity index (χ2n) is 3.95. The highest BCUT2D eigenvalue weighted by atomic mass is 127. The van der Waals surface area contributed by atoms with Crippen molar-refractivity contribution in [1.29, 1.82) is 0 Å². The van der Waals surface area contributed by atoms with Gasteiger partial charge in [0.2, 0.25) is 0 Å². The summed E-state index contributed by atoms with van der Waals surface area (Å²) in [5.74, 6) is -0.666. The van der Waals surface area contributed by atoms with Crippen molar-refractivity contribution in [2.45, 2.75) is 0 Å². The third-order valence-corrected chi connectivity index (χ3v) is 3.01. The lowest BCUT2D eigenvalue weighted by atomic mass is 10.2. The Morgan fingerprint density at radius 1 is 1.20 bits per heavy atom. The first-order valence-electron chi connectivity index (χ1n) is 5.68. The standard InChI is InChI=1S/C15H10FIO3/c16-11-6-10(4-5-15(18)19)7-14(8-11)20-13-3-1-2-12(17)9-13/h1-9H,(H,18,19)/b5-4+. The highest BCUT2D eigenvalue weighted by Gasteiger charge is 2.03. The molecule has 2 aromatic rings. The molecule has 0 atom stereocenters. The highest BCUT2D eigenvalue weighted by Crippen LogP contribution is 2.25. The molecule has 0 aliphatic heterocycles. The second-order valence-corrected chi connectivity index (χ2v) is 5.20. The fourth-order valence-corrected chi connectivity index (χ4v) is 2.09. The predicted molar refractivity (Wildman–Crippen MR) is 82.3 cm³/mol. The molecule has 0 aromatic heterocycles. The SMILES string of the molecule is O=C(O)/C=C/c1cc(F)cc(Oc2cccc(I)c2)c1. The van der Waals surface area contributed by atoms with Crippen LogP contribution in [-0.2, 0) is 4.79 Å². The summed E-state index contributed by atoms with van der Waals surface area (Å²) in [6, 6.07) is 11.4. The first kappa shape index (κ1) is 14.5. The van der Waals surface area contributed by atoms with Crippen molar-refractivity contribution in [2.24, 2.45) is 0 Å². The fourth-order valence-electron chi connectivity index (χ4n) is 1.57. The van der Waals surface area contributed by atoms with Crippen molar-refractivity contribution in [2.75, 3.05) is 0 Å². The van der Waals surface area contributed by atoms with Gasteiger partial charge in [-0.3, -0.25) is 0 Å². The molecule has 0 bridgehead atoms. The van der Waals surface area contributed by atoms with Crippen LogP contribution >= 0.6 is 22.6 Å². The van der Waals surface area contributed by atoms with Crippen LogP contribution in [0.1, 0.15) is 5.56 Å². The molecule has 0 saturated heterocycles. The lowest BCUT2D eigenvalue weighted by Gasteiger charge is -2.07. The maximum absolute atomic E-state index is 13.5. The average Bonchev–Trinajstić information content (AvgIpc) is 2.35. The molecule has 0 saturated carbocycles. The third-order valence-electron chi connectivity index (χ3n) is 2.34. The monoisotopic (exact) mass is 384 g/mol. The minimum absolute atomic E-state index is 0.317.